The smallest absolute Gasteiger partial charge is 0.0662 e. The van der Waals surface area contributed by atoms with E-state index in [1.54, 1.807) is 0 Å². The lowest BCUT2D eigenvalue weighted by atomic mass is 9.54. The molecule has 0 radical (unpaired) electrons. The van der Waals surface area contributed by atoms with E-state index >= 15 is 0 Å². The monoisotopic (exact) mass is 252 g/mol. The average Bonchev–Trinajstić information content (AvgIpc) is 2.28. The van der Waals surface area contributed by atoms with E-state index in [0.717, 1.165) is 39.1 Å². The zero-order valence-electron chi connectivity index (χ0n) is 12.3. The third kappa shape index (κ3) is 2.36. The molecule has 2 rings (SSSR count). The molecule has 0 aromatic carbocycles. The van der Waals surface area contributed by atoms with Gasteiger partial charge in [-0.3, -0.25) is 4.90 Å². The third-order valence-corrected chi connectivity index (χ3v) is 4.92. The highest BCUT2D eigenvalue weighted by Gasteiger charge is 2.58. The Morgan fingerprint density at radius 1 is 1.50 bits per heavy atom. The van der Waals surface area contributed by atoms with E-state index in [1.165, 1.54) is 5.57 Å². The van der Waals surface area contributed by atoms with Gasteiger partial charge in [-0.25, -0.2) is 0 Å². The highest BCUT2D eigenvalue weighted by molar-refractivity contribution is 5.16. The van der Waals surface area contributed by atoms with Gasteiger partial charge in [0.25, 0.3) is 0 Å². The lowest BCUT2D eigenvalue weighted by Gasteiger charge is -2.60. The Bertz CT molecular complexity index is 337. The maximum atomic E-state index is 6.64. The molecule has 0 spiro atoms. The summed E-state index contributed by atoms with van der Waals surface area (Å²) in [6.07, 6.45) is 4.83. The van der Waals surface area contributed by atoms with Crippen LogP contribution in [0.2, 0.25) is 0 Å². The van der Waals surface area contributed by atoms with Gasteiger partial charge in [0.1, 0.15) is 0 Å². The van der Waals surface area contributed by atoms with Crippen molar-refractivity contribution in [1.29, 1.82) is 0 Å². The minimum atomic E-state index is -0.0928. The van der Waals surface area contributed by atoms with Crippen LogP contribution in [0.4, 0.5) is 0 Å². The van der Waals surface area contributed by atoms with Crippen molar-refractivity contribution in [2.45, 2.75) is 52.2 Å². The van der Waals surface area contributed by atoms with Crippen molar-refractivity contribution in [2.75, 3.05) is 26.2 Å². The molecular formula is C15H28N2O. The van der Waals surface area contributed by atoms with Crippen LogP contribution in [-0.4, -0.2) is 42.8 Å². The normalized spacial score (nSPS) is 36.1. The van der Waals surface area contributed by atoms with E-state index in [4.69, 9.17) is 10.5 Å². The first-order valence-corrected chi connectivity index (χ1v) is 7.17. The number of ether oxygens (including phenoxy) is 1. The average molecular weight is 252 g/mol. The number of nitrogens with zero attached hydrogens (tertiary/aromatic N) is 1. The highest BCUT2D eigenvalue weighted by atomic mass is 16.5. The predicted molar refractivity (Wildman–Crippen MR) is 75.5 cm³/mol. The van der Waals surface area contributed by atoms with Gasteiger partial charge in [-0.2, -0.15) is 0 Å². The molecule has 104 valence electrons. The minimum absolute atomic E-state index is 0.0814. The van der Waals surface area contributed by atoms with Crippen LogP contribution in [0.25, 0.3) is 0 Å². The Hall–Kier alpha value is -0.380. The second-order valence-electron chi connectivity index (χ2n) is 6.58. The lowest BCUT2D eigenvalue weighted by molar-refractivity contribution is -0.156. The quantitative estimate of drug-likeness (QED) is 0.779. The van der Waals surface area contributed by atoms with Gasteiger partial charge in [-0.05, 0) is 26.7 Å². The zero-order chi connectivity index (χ0) is 13.4. The van der Waals surface area contributed by atoms with Crippen molar-refractivity contribution < 1.29 is 4.74 Å². The summed E-state index contributed by atoms with van der Waals surface area (Å²) in [5, 5.41) is 0. The van der Waals surface area contributed by atoms with Crippen LogP contribution in [0.1, 0.15) is 40.5 Å². The molecule has 1 aliphatic carbocycles. The van der Waals surface area contributed by atoms with E-state index < -0.39 is 0 Å². The number of nitrogens with two attached hydrogens (primary N) is 1. The molecule has 1 fully saturated rings. The van der Waals surface area contributed by atoms with Crippen LogP contribution in [0, 0.1) is 5.41 Å². The molecular weight excluding hydrogens is 224 g/mol. The number of hydrogen-bond donors (Lipinski definition) is 1. The molecule has 3 heteroatoms. The SMILES string of the molecule is CCOC1CC(N)(CN2CCC=C(C)C2)C1(C)C. The first-order valence-electron chi connectivity index (χ1n) is 7.17. The van der Waals surface area contributed by atoms with E-state index in [0.29, 0.717) is 6.10 Å². The Labute approximate surface area is 111 Å². The molecule has 1 saturated carbocycles. The summed E-state index contributed by atoms with van der Waals surface area (Å²) < 4.78 is 5.79. The van der Waals surface area contributed by atoms with Crippen molar-refractivity contribution in [1.82, 2.24) is 4.90 Å². The van der Waals surface area contributed by atoms with Crippen molar-refractivity contribution in [3.05, 3.63) is 11.6 Å². The molecule has 1 aliphatic heterocycles. The molecule has 2 unspecified atom stereocenters. The van der Waals surface area contributed by atoms with Gasteiger partial charge in [-0.1, -0.05) is 25.5 Å². The Morgan fingerprint density at radius 2 is 2.22 bits per heavy atom. The molecule has 1 heterocycles. The Morgan fingerprint density at radius 3 is 2.78 bits per heavy atom. The van der Waals surface area contributed by atoms with Crippen LogP contribution >= 0.6 is 0 Å². The van der Waals surface area contributed by atoms with Gasteiger partial charge in [0, 0.05) is 37.2 Å². The third-order valence-electron chi connectivity index (χ3n) is 4.92. The van der Waals surface area contributed by atoms with Crippen LogP contribution < -0.4 is 5.73 Å². The molecule has 0 aromatic rings. The lowest BCUT2D eigenvalue weighted by Crippen LogP contribution is -2.73. The molecule has 2 atom stereocenters. The zero-order valence-corrected chi connectivity index (χ0v) is 12.3. The van der Waals surface area contributed by atoms with Crippen LogP contribution in [0.15, 0.2) is 11.6 Å². The molecule has 0 saturated heterocycles. The van der Waals surface area contributed by atoms with Crippen LogP contribution in [0.5, 0.6) is 0 Å². The van der Waals surface area contributed by atoms with Gasteiger partial charge >= 0.3 is 0 Å². The maximum absolute atomic E-state index is 6.64. The molecule has 3 nitrogen and oxygen atoms in total. The summed E-state index contributed by atoms with van der Waals surface area (Å²) in [6, 6.07) is 0. The summed E-state index contributed by atoms with van der Waals surface area (Å²) >= 11 is 0. The van der Waals surface area contributed by atoms with E-state index in [1.807, 2.05) is 0 Å². The molecule has 0 aromatic heterocycles. The fourth-order valence-corrected chi connectivity index (χ4v) is 3.30. The first-order chi connectivity index (χ1) is 8.39. The Balaban J connectivity index is 1.95. The first kappa shape index (κ1) is 14.0. The topological polar surface area (TPSA) is 38.5 Å². The van der Waals surface area contributed by atoms with Crippen molar-refractivity contribution in [3.8, 4) is 0 Å². The fraction of sp³-hybridized carbons (Fsp3) is 0.867. The number of hydrogen-bond acceptors (Lipinski definition) is 3. The largest absolute Gasteiger partial charge is 0.378 e. The van der Waals surface area contributed by atoms with E-state index in [9.17, 15) is 0 Å². The maximum Gasteiger partial charge on any atom is 0.0662 e. The second kappa shape index (κ2) is 4.95. The summed E-state index contributed by atoms with van der Waals surface area (Å²) in [4.78, 5) is 2.50. The molecule has 18 heavy (non-hydrogen) atoms. The highest BCUT2D eigenvalue weighted by Crippen LogP contribution is 2.50. The number of rotatable bonds is 4. The summed E-state index contributed by atoms with van der Waals surface area (Å²) in [7, 11) is 0. The second-order valence-corrected chi connectivity index (χ2v) is 6.58. The van der Waals surface area contributed by atoms with Crippen molar-refractivity contribution >= 4 is 0 Å². The van der Waals surface area contributed by atoms with Crippen LogP contribution in [-0.2, 0) is 4.74 Å². The molecule has 0 bridgehead atoms. The van der Waals surface area contributed by atoms with Gasteiger partial charge < -0.3 is 10.5 Å². The summed E-state index contributed by atoms with van der Waals surface area (Å²) in [5.41, 5.74) is 8.10. The fourth-order valence-electron chi connectivity index (χ4n) is 3.30. The van der Waals surface area contributed by atoms with Gasteiger partial charge in [0.2, 0.25) is 0 Å². The van der Waals surface area contributed by atoms with Crippen LogP contribution in [0.3, 0.4) is 0 Å². The molecule has 2 N–H and O–H groups in total. The van der Waals surface area contributed by atoms with E-state index in [2.05, 4.69) is 38.7 Å². The van der Waals surface area contributed by atoms with Gasteiger partial charge in [-0.15, -0.1) is 0 Å². The van der Waals surface area contributed by atoms with E-state index in [-0.39, 0.29) is 11.0 Å². The summed E-state index contributed by atoms with van der Waals surface area (Å²) in [6.45, 7) is 12.8. The Kier molecular flexibility index (Phi) is 3.86. The van der Waals surface area contributed by atoms with Gasteiger partial charge in [0.05, 0.1) is 6.10 Å². The molecule has 0 amide bonds. The van der Waals surface area contributed by atoms with Crippen molar-refractivity contribution in [3.63, 3.8) is 0 Å². The van der Waals surface area contributed by atoms with Crippen molar-refractivity contribution in [2.24, 2.45) is 11.1 Å². The minimum Gasteiger partial charge on any atom is -0.378 e. The predicted octanol–water partition coefficient (Wildman–Crippen LogP) is 2.17. The standard InChI is InChI=1S/C15H28N2O/c1-5-18-13-9-15(16,14(13,3)4)11-17-8-6-7-12(2)10-17/h7,13H,5-6,8-11,16H2,1-4H3. The van der Waals surface area contributed by atoms with Gasteiger partial charge in [0.15, 0.2) is 0 Å². The summed E-state index contributed by atoms with van der Waals surface area (Å²) in [5.74, 6) is 0. The molecule has 2 aliphatic rings.